The molecule has 1 aliphatic heterocycles. The number of likely N-dealkylation sites (tertiary alicyclic amines) is 1. The summed E-state index contributed by atoms with van der Waals surface area (Å²) in [4.78, 5) is 2.67. The number of nitrogens with one attached hydrogen (secondary N) is 1. The van der Waals surface area contributed by atoms with Crippen molar-refractivity contribution >= 4 is 21.6 Å². The summed E-state index contributed by atoms with van der Waals surface area (Å²) in [6.07, 6.45) is 2.05. The molecule has 0 aliphatic carbocycles. The monoisotopic (exact) mass is 484 g/mol. The van der Waals surface area contributed by atoms with Crippen LogP contribution in [0.15, 0.2) is 77.7 Å². The Morgan fingerprint density at radius 1 is 0.970 bits per heavy atom. The van der Waals surface area contributed by atoms with Crippen LogP contribution in [0.3, 0.4) is 0 Å². The SMILES string of the molecule is COc1ccc(S(=O)(=O)NC2CCN(Cc3ccccc3)CC2)c(Cc2ccc(Cl)cc2)c1. The first-order chi connectivity index (χ1) is 15.9. The van der Waals surface area contributed by atoms with E-state index in [2.05, 4.69) is 21.8 Å². The van der Waals surface area contributed by atoms with Crippen LogP contribution >= 0.6 is 11.6 Å². The summed E-state index contributed by atoms with van der Waals surface area (Å²) < 4.78 is 35.0. The molecule has 1 heterocycles. The van der Waals surface area contributed by atoms with E-state index in [0.29, 0.717) is 27.7 Å². The summed E-state index contributed by atoms with van der Waals surface area (Å²) in [7, 11) is -2.09. The second-order valence-electron chi connectivity index (χ2n) is 8.43. The van der Waals surface area contributed by atoms with Crippen LogP contribution in [0.1, 0.15) is 29.5 Å². The number of piperidine rings is 1. The van der Waals surface area contributed by atoms with Crippen molar-refractivity contribution in [3.05, 3.63) is 94.5 Å². The standard InChI is InChI=1S/C26H29ClN2O3S/c1-32-25-11-12-26(22(18-25)17-20-7-9-23(27)10-8-20)33(30,31)28-24-13-15-29(16-14-24)19-21-5-3-2-4-6-21/h2-12,18,24,28H,13-17,19H2,1H3. The summed E-state index contributed by atoms with van der Waals surface area (Å²) in [5, 5.41) is 0.650. The Labute approximate surface area is 201 Å². The van der Waals surface area contributed by atoms with Crippen LogP contribution in [0.2, 0.25) is 5.02 Å². The molecule has 33 heavy (non-hydrogen) atoms. The van der Waals surface area contributed by atoms with Crippen molar-refractivity contribution in [2.75, 3.05) is 20.2 Å². The number of hydrogen-bond donors (Lipinski definition) is 1. The third-order valence-corrected chi connectivity index (χ3v) is 7.90. The van der Waals surface area contributed by atoms with Gasteiger partial charge in [-0.25, -0.2) is 13.1 Å². The predicted octanol–water partition coefficient (Wildman–Crippen LogP) is 4.88. The highest BCUT2D eigenvalue weighted by atomic mass is 35.5. The maximum Gasteiger partial charge on any atom is 0.241 e. The summed E-state index contributed by atoms with van der Waals surface area (Å²) in [5.74, 6) is 0.632. The molecule has 1 N–H and O–H groups in total. The van der Waals surface area contributed by atoms with E-state index in [4.69, 9.17) is 16.3 Å². The number of sulfonamides is 1. The molecule has 0 bridgehead atoms. The van der Waals surface area contributed by atoms with Crippen LogP contribution in [-0.4, -0.2) is 39.6 Å². The van der Waals surface area contributed by atoms with Gasteiger partial charge in [0, 0.05) is 30.7 Å². The molecule has 1 fully saturated rings. The molecule has 3 aromatic rings. The fourth-order valence-corrected chi connectivity index (χ4v) is 5.89. The second kappa shape index (κ2) is 10.7. The number of rotatable bonds is 8. The van der Waals surface area contributed by atoms with Gasteiger partial charge in [0.15, 0.2) is 0 Å². The van der Waals surface area contributed by atoms with Crippen molar-refractivity contribution in [1.82, 2.24) is 9.62 Å². The van der Waals surface area contributed by atoms with Gasteiger partial charge in [0.1, 0.15) is 5.75 Å². The lowest BCUT2D eigenvalue weighted by Gasteiger charge is -2.32. The van der Waals surface area contributed by atoms with Crippen molar-refractivity contribution in [2.24, 2.45) is 0 Å². The molecule has 0 spiro atoms. The lowest BCUT2D eigenvalue weighted by molar-refractivity contribution is 0.200. The second-order valence-corrected chi connectivity index (χ2v) is 10.6. The highest BCUT2D eigenvalue weighted by Crippen LogP contribution is 2.26. The van der Waals surface area contributed by atoms with Gasteiger partial charge in [-0.1, -0.05) is 54.1 Å². The Bertz CT molecular complexity index is 1160. The zero-order chi connectivity index (χ0) is 23.3. The molecule has 3 aromatic carbocycles. The molecule has 5 nitrogen and oxygen atoms in total. The Kier molecular flexibility index (Phi) is 7.71. The number of ether oxygens (including phenoxy) is 1. The maximum atomic E-state index is 13.4. The van der Waals surface area contributed by atoms with Gasteiger partial charge in [-0.3, -0.25) is 4.90 Å². The number of hydrogen-bond acceptors (Lipinski definition) is 4. The third-order valence-electron chi connectivity index (χ3n) is 6.02. The van der Waals surface area contributed by atoms with Gasteiger partial charge in [-0.2, -0.15) is 0 Å². The summed E-state index contributed by atoms with van der Waals surface area (Å²) in [6.45, 7) is 2.62. The van der Waals surface area contributed by atoms with E-state index >= 15 is 0 Å². The average molecular weight is 485 g/mol. The topological polar surface area (TPSA) is 58.6 Å². The fraction of sp³-hybridized carbons (Fsp3) is 0.308. The van der Waals surface area contributed by atoms with E-state index in [1.165, 1.54) is 5.56 Å². The Morgan fingerprint density at radius 3 is 2.33 bits per heavy atom. The van der Waals surface area contributed by atoms with Gasteiger partial charge >= 0.3 is 0 Å². The largest absolute Gasteiger partial charge is 0.497 e. The molecule has 0 aromatic heterocycles. The van der Waals surface area contributed by atoms with Crippen molar-refractivity contribution in [2.45, 2.75) is 36.7 Å². The van der Waals surface area contributed by atoms with Crippen LogP contribution in [0.5, 0.6) is 5.75 Å². The number of benzene rings is 3. The van der Waals surface area contributed by atoms with Gasteiger partial charge in [0.05, 0.1) is 12.0 Å². The number of nitrogens with zero attached hydrogens (tertiary/aromatic N) is 1. The van der Waals surface area contributed by atoms with Crippen LogP contribution in [0, 0.1) is 0 Å². The summed E-state index contributed by atoms with van der Waals surface area (Å²) >= 11 is 6.00. The normalized spacial score (nSPS) is 15.5. The molecule has 0 atom stereocenters. The molecule has 0 amide bonds. The smallest absolute Gasteiger partial charge is 0.241 e. The molecular weight excluding hydrogens is 456 g/mol. The highest BCUT2D eigenvalue weighted by molar-refractivity contribution is 7.89. The first-order valence-corrected chi connectivity index (χ1v) is 13.0. The summed E-state index contributed by atoms with van der Waals surface area (Å²) in [5.41, 5.74) is 2.96. The van der Waals surface area contributed by atoms with Gasteiger partial charge in [-0.05, 0) is 66.3 Å². The minimum Gasteiger partial charge on any atom is -0.497 e. The lowest BCUT2D eigenvalue weighted by atomic mass is 10.0. The lowest BCUT2D eigenvalue weighted by Crippen LogP contribution is -2.44. The van der Waals surface area contributed by atoms with Crippen molar-refractivity contribution < 1.29 is 13.2 Å². The zero-order valence-corrected chi connectivity index (χ0v) is 20.3. The van der Waals surface area contributed by atoms with Gasteiger partial charge in [0.25, 0.3) is 0 Å². The maximum absolute atomic E-state index is 13.4. The average Bonchev–Trinajstić information content (AvgIpc) is 2.82. The van der Waals surface area contributed by atoms with Gasteiger partial charge in [-0.15, -0.1) is 0 Å². The fourth-order valence-electron chi connectivity index (χ4n) is 4.24. The molecule has 0 unspecified atom stereocenters. The van der Waals surface area contributed by atoms with Gasteiger partial charge < -0.3 is 4.74 Å². The van der Waals surface area contributed by atoms with Crippen LogP contribution in [0.25, 0.3) is 0 Å². The van der Waals surface area contributed by atoms with Gasteiger partial charge in [0.2, 0.25) is 10.0 Å². The number of halogens is 1. The minimum absolute atomic E-state index is 0.0764. The molecule has 1 saturated heterocycles. The molecule has 4 rings (SSSR count). The molecule has 174 valence electrons. The molecule has 7 heteroatoms. The van der Waals surface area contributed by atoms with Crippen LogP contribution in [-0.2, 0) is 23.0 Å². The first-order valence-electron chi connectivity index (χ1n) is 11.1. The highest BCUT2D eigenvalue weighted by Gasteiger charge is 2.26. The Morgan fingerprint density at radius 2 is 1.67 bits per heavy atom. The van der Waals surface area contributed by atoms with E-state index in [-0.39, 0.29) is 6.04 Å². The summed E-state index contributed by atoms with van der Waals surface area (Å²) in [6, 6.07) is 22.9. The van der Waals surface area contributed by atoms with E-state index in [1.807, 2.05) is 42.5 Å². The number of methoxy groups -OCH3 is 1. The Balaban J connectivity index is 1.45. The zero-order valence-electron chi connectivity index (χ0n) is 18.7. The van der Waals surface area contributed by atoms with E-state index < -0.39 is 10.0 Å². The Hall–Kier alpha value is -2.38. The van der Waals surface area contributed by atoms with E-state index in [1.54, 1.807) is 25.3 Å². The quantitative estimate of drug-likeness (QED) is 0.495. The van der Waals surface area contributed by atoms with E-state index in [9.17, 15) is 8.42 Å². The molecular formula is C26H29ClN2O3S. The molecule has 1 aliphatic rings. The van der Waals surface area contributed by atoms with Crippen LogP contribution in [0.4, 0.5) is 0 Å². The predicted molar refractivity (Wildman–Crippen MR) is 132 cm³/mol. The van der Waals surface area contributed by atoms with Crippen molar-refractivity contribution in [3.8, 4) is 5.75 Å². The van der Waals surface area contributed by atoms with Crippen molar-refractivity contribution in [3.63, 3.8) is 0 Å². The third kappa shape index (κ3) is 6.36. The first kappa shape index (κ1) is 23.8. The van der Waals surface area contributed by atoms with Crippen LogP contribution < -0.4 is 9.46 Å². The minimum atomic E-state index is -3.67. The molecule has 0 radical (unpaired) electrons. The van der Waals surface area contributed by atoms with E-state index in [0.717, 1.165) is 38.0 Å². The molecule has 0 saturated carbocycles. The van der Waals surface area contributed by atoms with Crippen molar-refractivity contribution in [1.29, 1.82) is 0 Å².